The van der Waals surface area contributed by atoms with Crippen LogP contribution in [0.1, 0.15) is 20.9 Å². The summed E-state index contributed by atoms with van der Waals surface area (Å²) in [5.41, 5.74) is 2.41. The number of carbonyl (C=O) groups excluding carboxylic acids is 5. The SMILES string of the molecule is O=C(NN=CC1C(=O)NC(=O)N(c2ccccc2F)C1=O)c1ccc(NC(=O)c2ccco2)cc1. The molecule has 0 radical (unpaired) electrons. The molecule has 3 N–H and O–H groups in total. The van der Waals surface area contributed by atoms with E-state index in [0.717, 1.165) is 12.3 Å². The maximum atomic E-state index is 14.1. The molecule has 3 aromatic rings. The smallest absolute Gasteiger partial charge is 0.335 e. The number of hydrogen-bond donors (Lipinski definition) is 3. The predicted molar refractivity (Wildman–Crippen MR) is 120 cm³/mol. The fourth-order valence-corrected chi connectivity index (χ4v) is 3.12. The zero-order chi connectivity index (χ0) is 24.9. The Balaban J connectivity index is 1.39. The van der Waals surface area contributed by atoms with Crippen molar-refractivity contribution in [3.63, 3.8) is 0 Å². The number of halogens is 1. The number of hydrazone groups is 1. The topological polar surface area (TPSA) is 150 Å². The summed E-state index contributed by atoms with van der Waals surface area (Å²) >= 11 is 0. The number of anilines is 2. The predicted octanol–water partition coefficient (Wildman–Crippen LogP) is 2.29. The highest BCUT2D eigenvalue weighted by molar-refractivity contribution is 6.32. The van der Waals surface area contributed by atoms with Gasteiger partial charge in [0, 0.05) is 17.5 Å². The number of hydrogen-bond acceptors (Lipinski definition) is 7. The molecular weight excluding hydrogens is 461 g/mol. The molecule has 0 saturated carbocycles. The monoisotopic (exact) mass is 477 g/mol. The number of carbonyl (C=O) groups is 5. The number of rotatable bonds is 6. The van der Waals surface area contributed by atoms with Gasteiger partial charge in [-0.2, -0.15) is 5.10 Å². The van der Waals surface area contributed by atoms with Gasteiger partial charge in [-0.3, -0.25) is 24.5 Å². The maximum absolute atomic E-state index is 14.1. The van der Waals surface area contributed by atoms with Gasteiger partial charge in [-0.15, -0.1) is 0 Å². The lowest BCUT2D eigenvalue weighted by Crippen LogP contribution is -2.59. The number of nitrogens with one attached hydrogen (secondary N) is 3. The van der Waals surface area contributed by atoms with Crippen LogP contribution >= 0.6 is 0 Å². The third kappa shape index (κ3) is 4.95. The van der Waals surface area contributed by atoms with Crippen molar-refractivity contribution in [1.82, 2.24) is 10.7 Å². The molecular formula is C23H16FN5O6. The normalized spacial score (nSPS) is 15.7. The molecule has 1 atom stereocenters. The first-order chi connectivity index (χ1) is 16.8. The minimum absolute atomic E-state index is 0.123. The van der Waals surface area contributed by atoms with Crippen molar-refractivity contribution in [2.75, 3.05) is 10.2 Å². The molecule has 12 heteroatoms. The van der Waals surface area contributed by atoms with Crippen molar-refractivity contribution >= 4 is 47.2 Å². The molecule has 0 spiro atoms. The number of barbiturate groups is 1. The van der Waals surface area contributed by atoms with Crippen LogP contribution in [-0.4, -0.2) is 35.9 Å². The second-order valence-electron chi connectivity index (χ2n) is 7.13. The zero-order valence-corrected chi connectivity index (χ0v) is 17.7. The van der Waals surface area contributed by atoms with E-state index in [1.54, 1.807) is 6.07 Å². The van der Waals surface area contributed by atoms with Crippen molar-refractivity contribution in [2.45, 2.75) is 0 Å². The molecule has 6 amide bonds. The maximum Gasteiger partial charge on any atom is 0.335 e. The standard InChI is InChI=1S/C23H16FN5O6/c24-16-4-1-2-5-17(16)29-22(33)15(20(31)27-23(29)34)12-25-28-19(30)13-7-9-14(10-8-13)26-21(32)18-6-3-11-35-18/h1-12,15H,(H,26,32)(H,28,30)(H,27,31,34). The average molecular weight is 477 g/mol. The minimum atomic E-state index is -1.58. The van der Waals surface area contributed by atoms with Crippen LogP contribution in [0, 0.1) is 11.7 Å². The van der Waals surface area contributed by atoms with E-state index in [0.29, 0.717) is 10.6 Å². The summed E-state index contributed by atoms with van der Waals surface area (Å²) in [5, 5.41) is 8.18. The number of para-hydroxylation sites is 1. The molecule has 11 nitrogen and oxygen atoms in total. The summed E-state index contributed by atoms with van der Waals surface area (Å²) in [6.07, 6.45) is 2.20. The summed E-state index contributed by atoms with van der Waals surface area (Å²) < 4.78 is 19.1. The number of benzene rings is 2. The fraction of sp³-hybridized carbons (Fsp3) is 0.0435. The number of imide groups is 2. The Morgan fingerprint density at radius 1 is 1.00 bits per heavy atom. The Morgan fingerprint density at radius 2 is 1.74 bits per heavy atom. The van der Waals surface area contributed by atoms with Gasteiger partial charge < -0.3 is 9.73 Å². The van der Waals surface area contributed by atoms with Crippen LogP contribution in [0.5, 0.6) is 0 Å². The highest BCUT2D eigenvalue weighted by Gasteiger charge is 2.41. The van der Waals surface area contributed by atoms with E-state index in [9.17, 15) is 28.4 Å². The largest absolute Gasteiger partial charge is 0.459 e. The van der Waals surface area contributed by atoms with Crippen LogP contribution in [0.25, 0.3) is 0 Å². The van der Waals surface area contributed by atoms with E-state index >= 15 is 0 Å². The van der Waals surface area contributed by atoms with E-state index < -0.39 is 41.4 Å². The molecule has 4 rings (SSSR count). The molecule has 1 unspecified atom stereocenters. The number of urea groups is 1. The summed E-state index contributed by atoms with van der Waals surface area (Å²) in [6.45, 7) is 0. The molecule has 1 saturated heterocycles. The van der Waals surface area contributed by atoms with Crippen molar-refractivity contribution < 1.29 is 32.8 Å². The number of furan rings is 1. The van der Waals surface area contributed by atoms with E-state index in [-0.39, 0.29) is 17.0 Å². The van der Waals surface area contributed by atoms with Crippen molar-refractivity contribution in [2.24, 2.45) is 11.0 Å². The molecule has 176 valence electrons. The zero-order valence-electron chi connectivity index (χ0n) is 17.7. The molecule has 2 aromatic carbocycles. The van der Waals surface area contributed by atoms with E-state index in [2.05, 4.69) is 15.8 Å². The van der Waals surface area contributed by atoms with Crippen LogP contribution in [-0.2, 0) is 9.59 Å². The first-order valence-electron chi connectivity index (χ1n) is 10.1. The van der Waals surface area contributed by atoms with Gasteiger partial charge in [0.1, 0.15) is 5.82 Å². The quantitative estimate of drug-likeness (QED) is 0.282. The van der Waals surface area contributed by atoms with Gasteiger partial charge in [0.05, 0.1) is 12.0 Å². The van der Waals surface area contributed by atoms with Crippen molar-refractivity contribution in [3.8, 4) is 0 Å². The van der Waals surface area contributed by atoms with Gasteiger partial charge in [0.25, 0.3) is 17.7 Å². The van der Waals surface area contributed by atoms with Gasteiger partial charge >= 0.3 is 6.03 Å². The first-order valence-corrected chi connectivity index (χ1v) is 10.1. The lowest BCUT2D eigenvalue weighted by atomic mass is 10.1. The summed E-state index contributed by atoms with van der Waals surface area (Å²) in [4.78, 5) is 61.7. The molecule has 35 heavy (non-hydrogen) atoms. The number of amides is 6. The summed E-state index contributed by atoms with van der Waals surface area (Å²) in [5.74, 6) is -5.42. The third-order valence-electron chi connectivity index (χ3n) is 4.84. The van der Waals surface area contributed by atoms with E-state index in [4.69, 9.17) is 4.42 Å². The minimum Gasteiger partial charge on any atom is -0.459 e. The Morgan fingerprint density at radius 3 is 2.43 bits per heavy atom. The van der Waals surface area contributed by atoms with Crippen LogP contribution in [0.3, 0.4) is 0 Å². The van der Waals surface area contributed by atoms with Crippen molar-refractivity contribution in [1.29, 1.82) is 0 Å². The Kier molecular flexibility index (Phi) is 6.44. The molecule has 0 aliphatic carbocycles. The van der Waals surface area contributed by atoms with Gasteiger partial charge in [0.15, 0.2) is 11.7 Å². The molecule has 2 heterocycles. The van der Waals surface area contributed by atoms with Gasteiger partial charge in [-0.25, -0.2) is 19.5 Å². The highest BCUT2D eigenvalue weighted by atomic mass is 19.1. The average Bonchev–Trinajstić information content (AvgIpc) is 3.38. The number of nitrogens with zero attached hydrogens (tertiary/aromatic N) is 2. The molecule has 1 aliphatic heterocycles. The van der Waals surface area contributed by atoms with Crippen LogP contribution in [0.4, 0.5) is 20.6 Å². The second kappa shape index (κ2) is 9.79. The lowest BCUT2D eigenvalue weighted by Gasteiger charge is -2.28. The molecule has 0 bridgehead atoms. The van der Waals surface area contributed by atoms with Crippen molar-refractivity contribution in [3.05, 3.63) is 84.1 Å². The van der Waals surface area contributed by atoms with Crippen LogP contribution in [0.2, 0.25) is 0 Å². The molecule has 1 fully saturated rings. The van der Waals surface area contributed by atoms with E-state index in [1.807, 2.05) is 5.32 Å². The molecule has 1 aliphatic rings. The van der Waals surface area contributed by atoms with Gasteiger partial charge in [-0.05, 0) is 48.5 Å². The van der Waals surface area contributed by atoms with Crippen LogP contribution in [0.15, 0.2) is 76.4 Å². The highest BCUT2D eigenvalue weighted by Crippen LogP contribution is 2.23. The Hall–Kier alpha value is -5.13. The molecule has 1 aromatic heterocycles. The lowest BCUT2D eigenvalue weighted by molar-refractivity contribution is -0.131. The Bertz CT molecular complexity index is 1340. The third-order valence-corrected chi connectivity index (χ3v) is 4.84. The van der Waals surface area contributed by atoms with Gasteiger partial charge in [0.2, 0.25) is 5.91 Å². The summed E-state index contributed by atoms with van der Waals surface area (Å²) in [6, 6.07) is 12.8. The van der Waals surface area contributed by atoms with Gasteiger partial charge in [-0.1, -0.05) is 12.1 Å². The van der Waals surface area contributed by atoms with Crippen LogP contribution < -0.4 is 21.0 Å². The fourth-order valence-electron chi connectivity index (χ4n) is 3.12. The first kappa shape index (κ1) is 23.0. The Labute approximate surface area is 196 Å². The summed E-state index contributed by atoms with van der Waals surface area (Å²) in [7, 11) is 0. The second-order valence-corrected chi connectivity index (χ2v) is 7.13. The van der Waals surface area contributed by atoms with E-state index in [1.165, 1.54) is 54.8 Å².